The van der Waals surface area contributed by atoms with Crippen molar-refractivity contribution in [1.82, 2.24) is 10.4 Å². The van der Waals surface area contributed by atoms with E-state index >= 15 is 0 Å². The molecule has 5 nitrogen and oxygen atoms in total. The van der Waals surface area contributed by atoms with Gasteiger partial charge in [0, 0.05) is 18.1 Å². The number of rotatable bonds is 6. The molecule has 1 aliphatic rings. The average Bonchev–Trinajstić information content (AvgIpc) is 2.58. The molecule has 1 saturated heterocycles. The number of benzene rings is 1. The minimum absolute atomic E-state index is 0.116. The summed E-state index contributed by atoms with van der Waals surface area (Å²) in [6.07, 6.45) is 2.93. The number of nitrogens with one attached hydrogen (secondary N) is 1. The van der Waals surface area contributed by atoms with Crippen LogP contribution in [0.4, 0.5) is 0 Å². The van der Waals surface area contributed by atoms with Crippen LogP contribution >= 0.6 is 11.6 Å². The summed E-state index contributed by atoms with van der Waals surface area (Å²) >= 11 is 6.04. The third-order valence-corrected chi connectivity index (χ3v) is 5.11. The van der Waals surface area contributed by atoms with Gasteiger partial charge >= 0.3 is 0 Å². The van der Waals surface area contributed by atoms with Gasteiger partial charge in [-0.15, -0.1) is 0 Å². The molecule has 136 valence electrons. The number of nitrogens with zero attached hydrogens (tertiary/aromatic N) is 2. The molecule has 1 unspecified atom stereocenters. The first-order valence-corrected chi connectivity index (χ1v) is 9.04. The number of hydrogen-bond acceptors (Lipinski definition) is 4. The van der Waals surface area contributed by atoms with Crippen LogP contribution in [0.25, 0.3) is 0 Å². The van der Waals surface area contributed by atoms with E-state index in [0.29, 0.717) is 17.4 Å². The van der Waals surface area contributed by atoms with Crippen molar-refractivity contribution < 1.29 is 9.63 Å². The standard InChI is InChI=1S/C19H26ClN3O2/c1-13-8-16(20)9-14(2)18(13)11-19(24)22-17(12-21)10-15-4-6-23(25-3)7-5-15/h8-9,15,17H,4-7,10-11H2,1-3H3,(H,22,24). The number of carbonyl (C=O) groups excluding carboxylic acids is 1. The summed E-state index contributed by atoms with van der Waals surface area (Å²) < 4.78 is 0. The molecule has 0 aliphatic carbocycles. The van der Waals surface area contributed by atoms with Crippen LogP contribution in [0.2, 0.25) is 5.02 Å². The maximum absolute atomic E-state index is 12.4. The lowest BCUT2D eigenvalue weighted by Crippen LogP contribution is -2.39. The number of amides is 1. The molecular formula is C19H26ClN3O2. The molecule has 1 N–H and O–H groups in total. The Hall–Kier alpha value is -1.61. The van der Waals surface area contributed by atoms with Crippen LogP contribution in [-0.2, 0) is 16.1 Å². The number of nitriles is 1. The minimum atomic E-state index is -0.445. The van der Waals surface area contributed by atoms with Crippen molar-refractivity contribution in [3.8, 4) is 6.07 Å². The molecule has 0 bridgehead atoms. The van der Waals surface area contributed by atoms with Gasteiger partial charge in [0.05, 0.1) is 19.6 Å². The van der Waals surface area contributed by atoms with Crippen molar-refractivity contribution in [3.05, 3.63) is 33.8 Å². The molecule has 0 radical (unpaired) electrons. The Morgan fingerprint density at radius 2 is 2.00 bits per heavy atom. The molecular weight excluding hydrogens is 338 g/mol. The fourth-order valence-corrected chi connectivity index (χ4v) is 3.76. The van der Waals surface area contributed by atoms with Crippen LogP contribution in [0, 0.1) is 31.1 Å². The van der Waals surface area contributed by atoms with E-state index in [2.05, 4.69) is 11.4 Å². The first kappa shape index (κ1) is 19.7. The van der Waals surface area contributed by atoms with Crippen molar-refractivity contribution in [2.24, 2.45) is 5.92 Å². The van der Waals surface area contributed by atoms with Crippen LogP contribution in [0.3, 0.4) is 0 Å². The number of aryl methyl sites for hydroxylation is 2. The van der Waals surface area contributed by atoms with E-state index in [1.807, 2.05) is 31.0 Å². The number of piperidine rings is 1. The average molecular weight is 364 g/mol. The van der Waals surface area contributed by atoms with Gasteiger partial charge < -0.3 is 10.2 Å². The smallest absolute Gasteiger partial charge is 0.225 e. The van der Waals surface area contributed by atoms with Crippen molar-refractivity contribution >= 4 is 17.5 Å². The second kappa shape index (κ2) is 9.19. The lowest BCUT2D eigenvalue weighted by molar-refractivity contribution is -0.148. The number of hydrogen-bond donors (Lipinski definition) is 1. The maximum Gasteiger partial charge on any atom is 0.225 e. The zero-order valence-electron chi connectivity index (χ0n) is 15.1. The van der Waals surface area contributed by atoms with E-state index in [1.165, 1.54) is 0 Å². The number of halogens is 1. The van der Waals surface area contributed by atoms with E-state index in [0.717, 1.165) is 42.6 Å². The SMILES string of the molecule is CON1CCC(CC(C#N)NC(=O)Cc2c(C)cc(Cl)cc2C)CC1. The van der Waals surface area contributed by atoms with Crippen LogP contribution in [0.15, 0.2) is 12.1 Å². The first-order valence-electron chi connectivity index (χ1n) is 8.66. The molecule has 1 atom stereocenters. The van der Waals surface area contributed by atoms with E-state index in [9.17, 15) is 10.1 Å². The van der Waals surface area contributed by atoms with Crippen LogP contribution < -0.4 is 5.32 Å². The second-order valence-corrected chi connectivity index (χ2v) is 7.17. The molecule has 0 saturated carbocycles. The van der Waals surface area contributed by atoms with Gasteiger partial charge in [-0.25, -0.2) is 0 Å². The normalized spacial score (nSPS) is 17.1. The van der Waals surface area contributed by atoms with Crippen molar-refractivity contribution in [2.75, 3.05) is 20.2 Å². The summed E-state index contributed by atoms with van der Waals surface area (Å²) in [6.45, 7) is 5.65. The monoisotopic (exact) mass is 363 g/mol. The highest BCUT2D eigenvalue weighted by Gasteiger charge is 2.23. The van der Waals surface area contributed by atoms with Gasteiger partial charge in [-0.3, -0.25) is 4.79 Å². The molecule has 1 aliphatic heterocycles. The maximum atomic E-state index is 12.4. The number of hydroxylamine groups is 2. The molecule has 1 heterocycles. The minimum Gasteiger partial charge on any atom is -0.340 e. The Morgan fingerprint density at radius 1 is 1.40 bits per heavy atom. The molecule has 1 amide bonds. The molecule has 0 aromatic heterocycles. The molecule has 6 heteroatoms. The predicted octanol–water partition coefficient (Wildman–Crippen LogP) is 3.17. The third-order valence-electron chi connectivity index (χ3n) is 4.89. The highest BCUT2D eigenvalue weighted by atomic mass is 35.5. The summed E-state index contributed by atoms with van der Waals surface area (Å²) in [6, 6.07) is 5.51. The highest BCUT2D eigenvalue weighted by Crippen LogP contribution is 2.23. The molecule has 1 aromatic rings. The largest absolute Gasteiger partial charge is 0.340 e. The van der Waals surface area contributed by atoms with E-state index in [-0.39, 0.29) is 12.3 Å². The Morgan fingerprint density at radius 3 is 2.52 bits per heavy atom. The fourth-order valence-electron chi connectivity index (χ4n) is 3.43. The van der Waals surface area contributed by atoms with Gasteiger partial charge in [0.25, 0.3) is 0 Å². The lowest BCUT2D eigenvalue weighted by atomic mass is 9.91. The Labute approximate surface area is 154 Å². The molecule has 0 spiro atoms. The van der Waals surface area contributed by atoms with Crippen LogP contribution in [0.5, 0.6) is 0 Å². The summed E-state index contributed by atoms with van der Waals surface area (Å²) in [7, 11) is 1.68. The molecule has 2 rings (SSSR count). The Bertz CT molecular complexity index is 626. The second-order valence-electron chi connectivity index (χ2n) is 6.73. The molecule has 25 heavy (non-hydrogen) atoms. The van der Waals surface area contributed by atoms with Crippen molar-refractivity contribution in [1.29, 1.82) is 5.26 Å². The quantitative estimate of drug-likeness (QED) is 0.843. The first-order chi connectivity index (χ1) is 11.9. The summed E-state index contributed by atoms with van der Waals surface area (Å²) in [4.78, 5) is 17.6. The zero-order valence-corrected chi connectivity index (χ0v) is 15.9. The van der Waals surface area contributed by atoms with Gasteiger partial charge in [0.2, 0.25) is 5.91 Å². The topological polar surface area (TPSA) is 65.4 Å². The summed E-state index contributed by atoms with van der Waals surface area (Å²) in [5.74, 6) is 0.324. The summed E-state index contributed by atoms with van der Waals surface area (Å²) in [5.41, 5.74) is 2.98. The van der Waals surface area contributed by atoms with Gasteiger partial charge in [-0.2, -0.15) is 10.3 Å². The zero-order chi connectivity index (χ0) is 18.4. The van der Waals surface area contributed by atoms with Crippen LogP contribution in [-0.4, -0.2) is 37.2 Å². The molecule has 1 aromatic carbocycles. The fraction of sp³-hybridized carbons (Fsp3) is 0.579. The predicted molar refractivity (Wildman–Crippen MR) is 98.1 cm³/mol. The van der Waals surface area contributed by atoms with Crippen molar-refractivity contribution in [3.63, 3.8) is 0 Å². The van der Waals surface area contributed by atoms with Gasteiger partial charge in [0.15, 0.2) is 0 Å². The van der Waals surface area contributed by atoms with E-state index < -0.39 is 6.04 Å². The Kier molecular flexibility index (Phi) is 7.24. The van der Waals surface area contributed by atoms with Gasteiger partial charge in [0.1, 0.15) is 6.04 Å². The number of carbonyl (C=O) groups is 1. The summed E-state index contributed by atoms with van der Waals surface area (Å²) in [5, 5.41) is 14.9. The van der Waals surface area contributed by atoms with E-state index in [4.69, 9.17) is 16.4 Å². The Balaban J connectivity index is 1.89. The highest BCUT2D eigenvalue weighted by molar-refractivity contribution is 6.30. The van der Waals surface area contributed by atoms with Crippen LogP contribution in [0.1, 0.15) is 36.0 Å². The third kappa shape index (κ3) is 5.71. The van der Waals surface area contributed by atoms with Crippen molar-refractivity contribution in [2.45, 2.75) is 45.6 Å². The van der Waals surface area contributed by atoms with Gasteiger partial charge in [-0.1, -0.05) is 11.6 Å². The van der Waals surface area contributed by atoms with Gasteiger partial charge in [-0.05, 0) is 67.9 Å². The van der Waals surface area contributed by atoms with E-state index in [1.54, 1.807) is 7.11 Å². The molecule has 1 fully saturated rings. The lowest BCUT2D eigenvalue weighted by Gasteiger charge is -2.30.